The van der Waals surface area contributed by atoms with E-state index in [2.05, 4.69) is 15.3 Å². The number of Topliss-reactive ketones (excluding diaryl/α,β-unsaturated/α-hetero) is 1. The van der Waals surface area contributed by atoms with E-state index in [0.717, 1.165) is 18.4 Å². The lowest BCUT2D eigenvalue weighted by Gasteiger charge is -2.08. The van der Waals surface area contributed by atoms with Crippen molar-refractivity contribution in [2.45, 2.75) is 19.4 Å². The summed E-state index contributed by atoms with van der Waals surface area (Å²) in [5, 5.41) is 3.01. The van der Waals surface area contributed by atoms with Crippen LogP contribution >= 0.6 is 0 Å². The molecule has 1 N–H and O–H groups in total. The van der Waals surface area contributed by atoms with E-state index in [1.165, 1.54) is 13.4 Å². The highest BCUT2D eigenvalue weighted by molar-refractivity contribution is 6.04. The van der Waals surface area contributed by atoms with E-state index in [-0.39, 0.29) is 18.3 Å². The summed E-state index contributed by atoms with van der Waals surface area (Å²) in [4.78, 5) is 31.6. The minimum absolute atomic E-state index is 0.0872. The average molecular weight is 326 g/mol. The number of aromatic nitrogens is 2. The molecule has 0 amide bonds. The van der Waals surface area contributed by atoms with E-state index in [9.17, 15) is 9.59 Å². The Labute approximate surface area is 139 Å². The van der Waals surface area contributed by atoms with Crippen LogP contribution in [0, 0.1) is 0 Å². The Morgan fingerprint density at radius 1 is 1.42 bits per heavy atom. The van der Waals surface area contributed by atoms with Crippen LogP contribution in [-0.4, -0.2) is 41.3 Å². The van der Waals surface area contributed by atoms with Crippen molar-refractivity contribution in [3.05, 3.63) is 47.4 Å². The summed E-state index contributed by atoms with van der Waals surface area (Å²) in [6.45, 7) is 0.830. The summed E-state index contributed by atoms with van der Waals surface area (Å²) in [5.74, 6) is 0.263. The molecule has 0 fully saturated rings. The molecule has 1 aliphatic rings. The number of methoxy groups -OCH3 is 1. The van der Waals surface area contributed by atoms with E-state index >= 15 is 0 Å². The van der Waals surface area contributed by atoms with E-state index < -0.39 is 0 Å². The van der Waals surface area contributed by atoms with Gasteiger partial charge in [-0.25, -0.2) is 9.78 Å². The molecule has 3 rings (SSSR count). The van der Waals surface area contributed by atoms with Crippen molar-refractivity contribution < 1.29 is 14.3 Å². The van der Waals surface area contributed by atoms with Gasteiger partial charge in [0, 0.05) is 6.54 Å². The number of ketones is 1. The molecule has 1 aliphatic heterocycles. The first-order valence-electron chi connectivity index (χ1n) is 7.69. The molecule has 0 atom stereocenters. The normalized spacial score (nSPS) is 13.1. The number of benzene rings is 1. The Balaban J connectivity index is 1.64. The summed E-state index contributed by atoms with van der Waals surface area (Å²) in [6, 6.07) is 7.41. The van der Waals surface area contributed by atoms with Crippen molar-refractivity contribution in [1.82, 2.24) is 9.55 Å². The van der Waals surface area contributed by atoms with Gasteiger partial charge in [0.05, 0.1) is 25.3 Å². The van der Waals surface area contributed by atoms with E-state index in [1.54, 1.807) is 12.4 Å². The number of carbonyl (C=O) groups is 2. The fourth-order valence-corrected chi connectivity index (χ4v) is 2.64. The van der Waals surface area contributed by atoms with Crippen LogP contribution in [0.2, 0.25) is 0 Å². The van der Waals surface area contributed by atoms with Gasteiger partial charge in [0.2, 0.25) is 5.78 Å². The highest BCUT2D eigenvalue weighted by atomic mass is 16.5. The summed E-state index contributed by atoms with van der Waals surface area (Å²) in [7, 11) is 1.37. The third-order valence-corrected chi connectivity index (χ3v) is 3.84. The lowest BCUT2D eigenvalue weighted by Crippen LogP contribution is -2.07. The van der Waals surface area contributed by atoms with E-state index in [1.807, 2.05) is 22.8 Å². The number of nitrogens with one attached hydrogen (secondary N) is 1. The molecule has 0 radical (unpaired) electrons. The van der Waals surface area contributed by atoms with Crippen LogP contribution in [0.5, 0.6) is 0 Å². The van der Waals surface area contributed by atoms with Gasteiger partial charge in [0.25, 0.3) is 0 Å². The largest absolute Gasteiger partial charge is 0.465 e. The first kappa shape index (κ1) is 15.9. The van der Waals surface area contributed by atoms with Gasteiger partial charge in [-0.2, -0.15) is 0 Å². The molecule has 0 saturated heterocycles. The lowest BCUT2D eigenvalue weighted by atomic mass is 10.1. The van der Waals surface area contributed by atoms with Gasteiger partial charge in [-0.05, 0) is 30.5 Å². The molecule has 124 valence electrons. The van der Waals surface area contributed by atoms with Crippen LogP contribution in [0.25, 0.3) is 0 Å². The van der Waals surface area contributed by atoms with Crippen molar-refractivity contribution in [1.29, 1.82) is 0 Å². The summed E-state index contributed by atoms with van der Waals surface area (Å²) in [6.07, 6.45) is 4.85. The first-order chi connectivity index (χ1) is 11.7. The predicted molar refractivity (Wildman–Crippen MR) is 89.6 cm³/mol. The van der Waals surface area contributed by atoms with Crippen LogP contribution in [0.1, 0.15) is 32.8 Å². The fourth-order valence-electron chi connectivity index (χ4n) is 2.64. The highest BCUT2D eigenvalue weighted by Gasteiger charge is 2.18. The number of carbonyl (C=O) groups excluding carboxylic acids is 2. The van der Waals surface area contributed by atoms with Gasteiger partial charge in [0.15, 0.2) is 5.69 Å². The zero-order valence-corrected chi connectivity index (χ0v) is 13.4. The summed E-state index contributed by atoms with van der Waals surface area (Å²) < 4.78 is 6.65. The molecule has 2 aromatic rings. The van der Waals surface area contributed by atoms with Crippen LogP contribution in [-0.2, 0) is 17.7 Å². The van der Waals surface area contributed by atoms with Crippen molar-refractivity contribution in [2.75, 3.05) is 19.0 Å². The number of ether oxygens (including phenoxy) is 1. The topological polar surface area (TPSA) is 85.6 Å². The van der Waals surface area contributed by atoms with Gasteiger partial charge in [-0.15, -0.1) is 0 Å². The number of imidazole rings is 1. The second-order valence-corrected chi connectivity index (χ2v) is 5.47. The summed E-state index contributed by atoms with van der Waals surface area (Å²) >= 11 is 0. The van der Waals surface area contributed by atoms with Crippen LogP contribution in [0.15, 0.2) is 35.6 Å². The Morgan fingerprint density at radius 2 is 2.29 bits per heavy atom. The monoisotopic (exact) mass is 326 g/mol. The number of fused-ring (bicyclic) bond motifs is 1. The van der Waals surface area contributed by atoms with Gasteiger partial charge < -0.3 is 14.6 Å². The Hall–Kier alpha value is -2.96. The molecule has 24 heavy (non-hydrogen) atoms. The quantitative estimate of drug-likeness (QED) is 0.849. The Bertz CT molecular complexity index is 795. The number of hydrogen-bond acceptors (Lipinski definition) is 6. The highest BCUT2D eigenvalue weighted by Crippen LogP contribution is 2.18. The third-order valence-electron chi connectivity index (χ3n) is 3.84. The minimum atomic E-state index is -0.334. The second-order valence-electron chi connectivity index (χ2n) is 5.47. The lowest BCUT2D eigenvalue weighted by molar-refractivity contribution is 0.0600. The molecule has 0 unspecified atom stereocenters. The number of aryl methyl sites for hydroxylation is 2. The van der Waals surface area contributed by atoms with Crippen molar-refractivity contribution in [3.63, 3.8) is 0 Å². The maximum absolute atomic E-state index is 11.9. The molecule has 2 heterocycles. The fraction of sp³-hybridized carbons (Fsp3) is 0.294. The molecule has 1 aromatic heterocycles. The molecule has 0 bridgehead atoms. The zero-order chi connectivity index (χ0) is 16.9. The second kappa shape index (κ2) is 7.08. The van der Waals surface area contributed by atoms with E-state index in [4.69, 9.17) is 4.74 Å². The SMILES string of the molecule is COC(=O)c1cccc(CCCn2cnc3c2NC=NCC3=O)c1. The molecular formula is C17H18N4O3. The maximum Gasteiger partial charge on any atom is 0.337 e. The average Bonchev–Trinajstić information content (AvgIpc) is 2.91. The molecule has 0 spiro atoms. The predicted octanol–water partition coefficient (Wildman–Crippen LogP) is 1.94. The Kier molecular flexibility index (Phi) is 4.69. The Morgan fingerprint density at radius 3 is 3.12 bits per heavy atom. The van der Waals surface area contributed by atoms with Crippen molar-refractivity contribution in [3.8, 4) is 0 Å². The molecule has 7 nitrogen and oxygen atoms in total. The van der Waals surface area contributed by atoms with Gasteiger partial charge in [-0.1, -0.05) is 12.1 Å². The molecular weight excluding hydrogens is 308 g/mol. The molecule has 0 saturated carbocycles. The number of aliphatic imine (C=N–C) groups is 1. The van der Waals surface area contributed by atoms with Crippen LogP contribution < -0.4 is 5.32 Å². The standard InChI is InChI=1S/C17H18N4O3/c1-24-17(23)13-6-2-4-12(8-13)5-3-7-21-11-20-15-14(22)9-18-10-19-16(15)21/h2,4,6,8,10-11H,3,5,7,9H2,1H3,(H,18,19). The molecule has 0 aliphatic carbocycles. The maximum atomic E-state index is 11.9. The zero-order valence-electron chi connectivity index (χ0n) is 13.4. The van der Waals surface area contributed by atoms with E-state index in [0.29, 0.717) is 23.6 Å². The first-order valence-corrected chi connectivity index (χ1v) is 7.69. The third kappa shape index (κ3) is 3.34. The van der Waals surface area contributed by atoms with Crippen LogP contribution in [0.3, 0.4) is 0 Å². The summed E-state index contributed by atoms with van der Waals surface area (Å²) in [5.41, 5.74) is 2.05. The number of anilines is 1. The smallest absolute Gasteiger partial charge is 0.337 e. The number of hydrogen-bond donors (Lipinski definition) is 1. The minimum Gasteiger partial charge on any atom is -0.465 e. The number of nitrogens with zero attached hydrogens (tertiary/aromatic N) is 3. The number of rotatable bonds is 5. The van der Waals surface area contributed by atoms with Crippen LogP contribution in [0.4, 0.5) is 5.82 Å². The van der Waals surface area contributed by atoms with Gasteiger partial charge >= 0.3 is 5.97 Å². The van der Waals surface area contributed by atoms with Crippen molar-refractivity contribution >= 4 is 23.9 Å². The van der Waals surface area contributed by atoms with Crippen molar-refractivity contribution in [2.24, 2.45) is 4.99 Å². The number of esters is 1. The van der Waals surface area contributed by atoms with Gasteiger partial charge in [-0.3, -0.25) is 9.79 Å². The van der Waals surface area contributed by atoms with Gasteiger partial charge in [0.1, 0.15) is 12.4 Å². The molecule has 7 heteroatoms. The molecule has 1 aromatic carbocycles.